The predicted molar refractivity (Wildman–Crippen MR) is 97.3 cm³/mol. The average Bonchev–Trinajstić information content (AvgIpc) is 3.01. The fourth-order valence-electron chi connectivity index (χ4n) is 2.77. The molecule has 0 saturated carbocycles. The van der Waals surface area contributed by atoms with Crippen LogP contribution in [0.25, 0.3) is 11.0 Å². The molecule has 5 nitrogen and oxygen atoms in total. The van der Waals surface area contributed by atoms with Crippen molar-refractivity contribution in [3.63, 3.8) is 0 Å². The molecule has 0 spiro atoms. The first kappa shape index (κ1) is 17.9. The van der Waals surface area contributed by atoms with Crippen LogP contribution in [0.2, 0.25) is 0 Å². The Labute approximate surface area is 151 Å². The molecule has 0 aliphatic carbocycles. The number of carbonyl (C=O) groups is 2. The van der Waals surface area contributed by atoms with Gasteiger partial charge in [-0.05, 0) is 19.9 Å². The number of furan rings is 1. The van der Waals surface area contributed by atoms with Gasteiger partial charge in [-0.1, -0.05) is 48.0 Å². The number of rotatable bonds is 6. The molecule has 0 radical (unpaired) electrons. The molecular weight excluding hydrogens is 332 g/mol. The first-order valence-corrected chi connectivity index (χ1v) is 8.32. The first-order valence-electron chi connectivity index (χ1n) is 8.32. The van der Waals surface area contributed by atoms with E-state index in [-0.39, 0.29) is 18.2 Å². The maximum atomic E-state index is 12.6. The minimum absolute atomic E-state index is 0.0663. The number of methoxy groups -OCH3 is 1. The minimum Gasteiger partial charge on any atom is -0.449 e. The average molecular weight is 352 g/mol. The van der Waals surface area contributed by atoms with Crippen LogP contribution < -0.4 is 0 Å². The SMILES string of the molecule is COCc1c(C(=O)O[C@H](C)C(=O)c2ccc(C)cc2)oc2ccccc12. The number of fused-ring (bicyclic) bond motifs is 1. The van der Waals surface area contributed by atoms with Crippen LogP contribution in [0, 0.1) is 6.92 Å². The van der Waals surface area contributed by atoms with Gasteiger partial charge in [0.2, 0.25) is 11.5 Å². The normalized spacial score (nSPS) is 12.1. The van der Waals surface area contributed by atoms with Crippen LogP contribution >= 0.6 is 0 Å². The lowest BCUT2D eigenvalue weighted by Gasteiger charge is -2.12. The van der Waals surface area contributed by atoms with E-state index in [0.717, 1.165) is 10.9 Å². The highest BCUT2D eigenvalue weighted by Crippen LogP contribution is 2.27. The highest BCUT2D eigenvalue weighted by molar-refractivity contribution is 6.02. The van der Waals surface area contributed by atoms with Crippen molar-refractivity contribution in [3.05, 3.63) is 71.0 Å². The summed E-state index contributed by atoms with van der Waals surface area (Å²) in [6.45, 7) is 3.71. The number of carbonyl (C=O) groups excluding carboxylic acids is 2. The molecule has 0 unspecified atom stereocenters. The Balaban J connectivity index is 1.83. The number of hydrogen-bond donors (Lipinski definition) is 0. The van der Waals surface area contributed by atoms with E-state index in [0.29, 0.717) is 16.7 Å². The van der Waals surface area contributed by atoms with Gasteiger partial charge in [-0.15, -0.1) is 0 Å². The molecule has 2 aromatic carbocycles. The molecule has 3 rings (SSSR count). The third kappa shape index (κ3) is 3.53. The Morgan fingerprint density at radius 3 is 2.46 bits per heavy atom. The summed E-state index contributed by atoms with van der Waals surface area (Å²) in [5.41, 5.74) is 2.74. The highest BCUT2D eigenvalue weighted by atomic mass is 16.6. The van der Waals surface area contributed by atoms with E-state index >= 15 is 0 Å². The Morgan fingerprint density at radius 2 is 1.77 bits per heavy atom. The second kappa shape index (κ2) is 7.54. The third-order valence-electron chi connectivity index (χ3n) is 4.16. The van der Waals surface area contributed by atoms with Crippen LogP contribution in [0.5, 0.6) is 0 Å². The van der Waals surface area contributed by atoms with Gasteiger partial charge in [0.25, 0.3) is 0 Å². The van der Waals surface area contributed by atoms with Crippen molar-refractivity contribution in [2.75, 3.05) is 7.11 Å². The number of para-hydroxylation sites is 1. The summed E-state index contributed by atoms with van der Waals surface area (Å²) >= 11 is 0. The zero-order valence-corrected chi connectivity index (χ0v) is 14.9. The smallest absolute Gasteiger partial charge is 0.375 e. The molecule has 1 heterocycles. The summed E-state index contributed by atoms with van der Waals surface area (Å²) in [6, 6.07) is 14.4. The lowest BCUT2D eigenvalue weighted by atomic mass is 10.1. The number of benzene rings is 2. The Bertz CT molecular complexity index is 937. The molecule has 5 heteroatoms. The monoisotopic (exact) mass is 352 g/mol. The molecule has 0 bridgehead atoms. The zero-order chi connectivity index (χ0) is 18.7. The molecule has 3 aromatic rings. The molecule has 0 N–H and O–H groups in total. The number of Topliss-reactive ketones (excluding diaryl/α,β-unsaturated/α-hetero) is 1. The molecule has 0 fully saturated rings. The molecule has 0 amide bonds. The molecular formula is C21H20O5. The van der Waals surface area contributed by atoms with Gasteiger partial charge in [0, 0.05) is 23.6 Å². The van der Waals surface area contributed by atoms with Crippen LogP contribution in [-0.4, -0.2) is 25.0 Å². The second-order valence-electron chi connectivity index (χ2n) is 6.12. The molecule has 26 heavy (non-hydrogen) atoms. The molecule has 1 atom stereocenters. The standard InChI is InChI=1S/C21H20O5/c1-13-8-10-15(11-9-13)19(22)14(2)25-21(23)20-17(12-24-3)16-6-4-5-7-18(16)26-20/h4-11,14H,12H2,1-3H3/t14-/m1/s1. The maximum Gasteiger partial charge on any atom is 0.375 e. The van der Waals surface area contributed by atoms with Crippen molar-refractivity contribution in [3.8, 4) is 0 Å². The van der Waals surface area contributed by atoms with E-state index in [2.05, 4.69) is 0 Å². The van der Waals surface area contributed by atoms with Gasteiger partial charge >= 0.3 is 5.97 Å². The quantitative estimate of drug-likeness (QED) is 0.488. The van der Waals surface area contributed by atoms with Crippen LogP contribution in [0.15, 0.2) is 52.9 Å². The van der Waals surface area contributed by atoms with E-state index in [1.165, 1.54) is 0 Å². The lowest BCUT2D eigenvalue weighted by molar-refractivity contribution is 0.0286. The van der Waals surface area contributed by atoms with E-state index in [1.807, 2.05) is 37.3 Å². The molecule has 134 valence electrons. The van der Waals surface area contributed by atoms with Crippen molar-refractivity contribution in [1.29, 1.82) is 0 Å². The van der Waals surface area contributed by atoms with Gasteiger partial charge in [-0.25, -0.2) is 4.79 Å². The number of aryl methyl sites for hydroxylation is 1. The summed E-state index contributed by atoms with van der Waals surface area (Å²) in [6.07, 6.45) is -0.922. The summed E-state index contributed by atoms with van der Waals surface area (Å²) in [7, 11) is 1.54. The van der Waals surface area contributed by atoms with Crippen molar-refractivity contribution in [2.45, 2.75) is 26.6 Å². The number of ether oxygens (including phenoxy) is 2. The summed E-state index contributed by atoms with van der Waals surface area (Å²) in [5.74, 6) is -0.874. The van der Waals surface area contributed by atoms with E-state index in [4.69, 9.17) is 13.9 Å². The van der Waals surface area contributed by atoms with Gasteiger partial charge < -0.3 is 13.9 Å². The number of esters is 1. The van der Waals surface area contributed by atoms with Gasteiger partial charge in [0.15, 0.2) is 6.10 Å². The second-order valence-corrected chi connectivity index (χ2v) is 6.12. The van der Waals surface area contributed by atoms with Gasteiger partial charge in [0.05, 0.1) is 6.61 Å². The first-order chi connectivity index (χ1) is 12.5. The van der Waals surface area contributed by atoms with Crippen molar-refractivity contribution in [2.24, 2.45) is 0 Å². The van der Waals surface area contributed by atoms with E-state index < -0.39 is 12.1 Å². The molecule has 0 saturated heterocycles. The largest absolute Gasteiger partial charge is 0.449 e. The van der Waals surface area contributed by atoms with Crippen LogP contribution in [0.3, 0.4) is 0 Å². The molecule has 0 aliphatic rings. The fourth-order valence-corrected chi connectivity index (χ4v) is 2.77. The topological polar surface area (TPSA) is 65.7 Å². The van der Waals surface area contributed by atoms with E-state index in [1.54, 1.807) is 32.2 Å². The third-order valence-corrected chi connectivity index (χ3v) is 4.16. The summed E-state index contributed by atoms with van der Waals surface area (Å²) in [4.78, 5) is 25.1. The maximum absolute atomic E-state index is 12.6. The van der Waals surface area contributed by atoms with Crippen LogP contribution in [-0.2, 0) is 16.1 Å². The Kier molecular flexibility index (Phi) is 5.19. The minimum atomic E-state index is -0.922. The van der Waals surface area contributed by atoms with Gasteiger partial charge in [0.1, 0.15) is 5.58 Å². The van der Waals surface area contributed by atoms with Crippen molar-refractivity contribution in [1.82, 2.24) is 0 Å². The van der Waals surface area contributed by atoms with Crippen molar-refractivity contribution < 1.29 is 23.5 Å². The van der Waals surface area contributed by atoms with Crippen LogP contribution in [0.4, 0.5) is 0 Å². The fraction of sp³-hybridized carbons (Fsp3) is 0.238. The van der Waals surface area contributed by atoms with Gasteiger partial charge in [-0.3, -0.25) is 4.79 Å². The summed E-state index contributed by atoms with van der Waals surface area (Å²) in [5, 5.41) is 0.791. The highest BCUT2D eigenvalue weighted by Gasteiger charge is 2.26. The van der Waals surface area contributed by atoms with Crippen LogP contribution in [0.1, 0.15) is 39.0 Å². The van der Waals surface area contributed by atoms with Gasteiger partial charge in [-0.2, -0.15) is 0 Å². The number of hydrogen-bond acceptors (Lipinski definition) is 5. The number of ketones is 1. The predicted octanol–water partition coefficient (Wildman–Crippen LogP) is 4.32. The molecule has 1 aromatic heterocycles. The van der Waals surface area contributed by atoms with E-state index in [9.17, 15) is 9.59 Å². The lowest BCUT2D eigenvalue weighted by Crippen LogP contribution is -2.24. The molecule has 0 aliphatic heterocycles. The Morgan fingerprint density at radius 1 is 1.08 bits per heavy atom. The Hall–Kier alpha value is -2.92. The zero-order valence-electron chi connectivity index (χ0n) is 14.9. The van der Waals surface area contributed by atoms with Crippen molar-refractivity contribution >= 4 is 22.7 Å². The summed E-state index contributed by atoms with van der Waals surface area (Å²) < 4.78 is 16.2.